The highest BCUT2D eigenvalue weighted by atomic mass is 32.1. The number of rotatable bonds is 6. The number of nitrogens with one attached hydrogen (secondary N) is 1. The summed E-state index contributed by atoms with van der Waals surface area (Å²) in [6.45, 7) is -2.98. The molecule has 1 atom stereocenters. The molecule has 2 rings (SSSR count). The zero-order valence-corrected chi connectivity index (χ0v) is 11.7. The third-order valence-electron chi connectivity index (χ3n) is 2.44. The van der Waals surface area contributed by atoms with Crippen LogP contribution in [0.2, 0.25) is 0 Å². The molecule has 0 aliphatic carbocycles. The number of amides is 1. The first-order chi connectivity index (χ1) is 9.58. The van der Waals surface area contributed by atoms with E-state index in [1.54, 1.807) is 11.4 Å². The Labute approximate surface area is 121 Å². The second-order valence-electron chi connectivity index (χ2n) is 3.77. The summed E-state index contributed by atoms with van der Waals surface area (Å²) >= 11 is 2.43. The van der Waals surface area contributed by atoms with E-state index in [4.69, 9.17) is 0 Å². The first kappa shape index (κ1) is 14.9. The minimum absolute atomic E-state index is 0.00157. The van der Waals surface area contributed by atoms with Gasteiger partial charge in [-0.1, -0.05) is 0 Å². The van der Waals surface area contributed by atoms with Crippen molar-refractivity contribution in [2.24, 2.45) is 0 Å². The van der Waals surface area contributed by atoms with Crippen LogP contribution in [-0.2, 0) is 0 Å². The molecule has 2 aromatic rings. The van der Waals surface area contributed by atoms with E-state index in [9.17, 15) is 18.7 Å². The van der Waals surface area contributed by atoms with Gasteiger partial charge in [-0.3, -0.25) is 4.79 Å². The molecule has 4 nitrogen and oxygen atoms in total. The predicted octanol–water partition coefficient (Wildman–Crippen LogP) is 2.87. The molecular formula is C12H11F2NO3S2. The van der Waals surface area contributed by atoms with Gasteiger partial charge in [-0.2, -0.15) is 20.1 Å². The molecule has 8 heteroatoms. The van der Waals surface area contributed by atoms with Crippen LogP contribution in [0.3, 0.4) is 0 Å². The summed E-state index contributed by atoms with van der Waals surface area (Å²) in [6, 6.07) is 3.05. The van der Waals surface area contributed by atoms with Gasteiger partial charge in [0.15, 0.2) is 0 Å². The summed E-state index contributed by atoms with van der Waals surface area (Å²) in [5.74, 6) is -0.711. The zero-order valence-electron chi connectivity index (χ0n) is 10.1. The molecule has 0 radical (unpaired) electrons. The SMILES string of the molecule is O=C(NC[C@H](O)c1ccsc1)c1sccc1OC(F)F. The van der Waals surface area contributed by atoms with E-state index in [1.807, 2.05) is 5.38 Å². The summed E-state index contributed by atoms with van der Waals surface area (Å²) in [6.07, 6.45) is -0.829. The molecule has 0 spiro atoms. The Kier molecular flexibility index (Phi) is 5.05. The number of carbonyl (C=O) groups is 1. The first-order valence-electron chi connectivity index (χ1n) is 5.58. The molecule has 0 saturated carbocycles. The zero-order chi connectivity index (χ0) is 14.5. The maximum atomic E-state index is 12.2. The van der Waals surface area contributed by atoms with Crippen LogP contribution in [0.25, 0.3) is 0 Å². The number of aliphatic hydroxyl groups is 1. The average Bonchev–Trinajstić information content (AvgIpc) is 3.05. The van der Waals surface area contributed by atoms with Gasteiger partial charge in [-0.25, -0.2) is 0 Å². The van der Waals surface area contributed by atoms with Gasteiger partial charge in [0.2, 0.25) is 0 Å². The van der Waals surface area contributed by atoms with E-state index in [1.165, 1.54) is 22.8 Å². The van der Waals surface area contributed by atoms with Crippen molar-refractivity contribution in [1.82, 2.24) is 5.32 Å². The number of alkyl halides is 2. The molecule has 0 aliphatic rings. The van der Waals surface area contributed by atoms with Crippen LogP contribution in [-0.4, -0.2) is 24.2 Å². The summed E-state index contributed by atoms with van der Waals surface area (Å²) in [4.78, 5) is 11.9. The van der Waals surface area contributed by atoms with Gasteiger partial charge in [0.05, 0.1) is 6.10 Å². The summed E-state index contributed by atoms with van der Waals surface area (Å²) in [7, 11) is 0. The molecule has 0 unspecified atom stereocenters. The van der Waals surface area contributed by atoms with Crippen molar-refractivity contribution in [3.8, 4) is 5.75 Å². The molecular weight excluding hydrogens is 308 g/mol. The summed E-state index contributed by atoms with van der Waals surface area (Å²) in [5.41, 5.74) is 0.700. The fraction of sp³-hybridized carbons (Fsp3) is 0.250. The Morgan fingerprint density at radius 1 is 1.40 bits per heavy atom. The van der Waals surface area contributed by atoms with Crippen molar-refractivity contribution in [2.75, 3.05) is 6.54 Å². The van der Waals surface area contributed by atoms with E-state index in [-0.39, 0.29) is 17.2 Å². The van der Waals surface area contributed by atoms with Crippen LogP contribution in [0.15, 0.2) is 28.3 Å². The molecule has 2 heterocycles. The minimum Gasteiger partial charge on any atom is -0.433 e. The monoisotopic (exact) mass is 319 g/mol. The highest BCUT2D eigenvalue weighted by molar-refractivity contribution is 7.12. The number of halogens is 2. The molecule has 2 aromatic heterocycles. The number of ether oxygens (including phenoxy) is 1. The van der Waals surface area contributed by atoms with Crippen molar-refractivity contribution >= 4 is 28.6 Å². The quantitative estimate of drug-likeness (QED) is 0.861. The molecule has 20 heavy (non-hydrogen) atoms. The topological polar surface area (TPSA) is 58.6 Å². The van der Waals surface area contributed by atoms with Crippen LogP contribution in [0, 0.1) is 0 Å². The van der Waals surface area contributed by atoms with Crippen molar-refractivity contribution < 1.29 is 23.4 Å². The molecule has 0 fully saturated rings. The lowest BCUT2D eigenvalue weighted by Gasteiger charge is -2.11. The van der Waals surface area contributed by atoms with Gasteiger partial charge >= 0.3 is 6.61 Å². The first-order valence-corrected chi connectivity index (χ1v) is 7.41. The standard InChI is InChI=1S/C12H11F2NO3S2/c13-12(14)18-9-2-4-20-10(9)11(17)15-5-8(16)7-1-3-19-6-7/h1-4,6,8,12,16H,5H2,(H,15,17)/t8-/m0/s1. The second-order valence-corrected chi connectivity index (χ2v) is 5.47. The Morgan fingerprint density at radius 3 is 2.85 bits per heavy atom. The minimum atomic E-state index is -2.98. The number of hydrogen-bond acceptors (Lipinski definition) is 5. The maximum Gasteiger partial charge on any atom is 0.387 e. The molecule has 0 aromatic carbocycles. The van der Waals surface area contributed by atoms with Gasteiger partial charge in [0.1, 0.15) is 10.6 Å². The van der Waals surface area contributed by atoms with E-state index >= 15 is 0 Å². The summed E-state index contributed by atoms with van der Waals surface area (Å²) < 4.78 is 28.5. The highest BCUT2D eigenvalue weighted by Crippen LogP contribution is 2.26. The van der Waals surface area contributed by atoms with Gasteiger partial charge in [-0.15, -0.1) is 11.3 Å². The lowest BCUT2D eigenvalue weighted by molar-refractivity contribution is -0.0498. The predicted molar refractivity (Wildman–Crippen MR) is 72.6 cm³/mol. The van der Waals surface area contributed by atoms with Crippen molar-refractivity contribution in [3.05, 3.63) is 38.7 Å². The van der Waals surface area contributed by atoms with Gasteiger partial charge < -0.3 is 15.2 Å². The molecule has 2 N–H and O–H groups in total. The van der Waals surface area contributed by atoms with E-state index < -0.39 is 18.6 Å². The van der Waals surface area contributed by atoms with Crippen LogP contribution >= 0.6 is 22.7 Å². The van der Waals surface area contributed by atoms with Crippen molar-refractivity contribution in [3.63, 3.8) is 0 Å². The Bertz CT molecular complexity index is 557. The van der Waals surface area contributed by atoms with Gasteiger partial charge in [0, 0.05) is 6.54 Å². The Balaban J connectivity index is 1.93. The fourth-order valence-corrected chi connectivity index (χ4v) is 2.95. The Hall–Kier alpha value is -1.51. The Morgan fingerprint density at radius 2 is 2.20 bits per heavy atom. The highest BCUT2D eigenvalue weighted by Gasteiger charge is 2.18. The number of carbonyl (C=O) groups excluding carboxylic acids is 1. The summed E-state index contributed by atoms with van der Waals surface area (Å²) in [5, 5.41) is 17.4. The molecule has 108 valence electrons. The molecule has 0 bridgehead atoms. The number of thiophene rings is 2. The van der Waals surface area contributed by atoms with E-state index in [0.717, 1.165) is 11.3 Å². The van der Waals surface area contributed by atoms with Crippen molar-refractivity contribution in [1.29, 1.82) is 0 Å². The lowest BCUT2D eigenvalue weighted by Crippen LogP contribution is -2.28. The number of hydrogen-bond donors (Lipinski definition) is 2. The third kappa shape index (κ3) is 3.75. The molecule has 1 amide bonds. The van der Waals surface area contributed by atoms with Gasteiger partial charge in [-0.05, 0) is 33.8 Å². The molecule has 0 aliphatic heterocycles. The smallest absolute Gasteiger partial charge is 0.387 e. The van der Waals surface area contributed by atoms with Crippen LogP contribution < -0.4 is 10.1 Å². The van der Waals surface area contributed by atoms with Crippen LogP contribution in [0.4, 0.5) is 8.78 Å². The third-order valence-corrected chi connectivity index (χ3v) is 4.03. The van der Waals surface area contributed by atoms with E-state index in [2.05, 4.69) is 10.1 Å². The van der Waals surface area contributed by atoms with Gasteiger partial charge in [0.25, 0.3) is 5.91 Å². The average molecular weight is 319 g/mol. The number of aliphatic hydroxyl groups excluding tert-OH is 1. The van der Waals surface area contributed by atoms with Crippen LogP contribution in [0.5, 0.6) is 5.75 Å². The second kappa shape index (κ2) is 6.78. The fourth-order valence-electron chi connectivity index (χ4n) is 1.50. The maximum absolute atomic E-state index is 12.2. The van der Waals surface area contributed by atoms with E-state index in [0.29, 0.717) is 5.56 Å². The normalized spacial score (nSPS) is 12.4. The van der Waals surface area contributed by atoms with Crippen molar-refractivity contribution in [2.45, 2.75) is 12.7 Å². The molecule has 0 saturated heterocycles. The van der Waals surface area contributed by atoms with Crippen LogP contribution in [0.1, 0.15) is 21.3 Å². The lowest BCUT2D eigenvalue weighted by atomic mass is 10.2. The largest absolute Gasteiger partial charge is 0.433 e.